The van der Waals surface area contributed by atoms with Crippen molar-refractivity contribution in [2.45, 2.75) is 27.7 Å². The molecule has 0 aromatic heterocycles. The third kappa shape index (κ3) is 4.57. The fourth-order valence-electron chi connectivity index (χ4n) is 1.11. The molecule has 0 saturated heterocycles. The molecular formula is C12H17K. The molecule has 0 nitrogen and oxygen atoms in total. The zero-order valence-corrected chi connectivity index (χ0v) is 11.2. The fraction of sp³-hybridized carbons (Fsp3) is 0.333. The van der Waals surface area contributed by atoms with Gasteiger partial charge in [-0.3, -0.25) is 0 Å². The SMILES string of the molecule is C.CC.[C-]1=CCc2ccccc21.[K+]. The van der Waals surface area contributed by atoms with Crippen LogP contribution in [0.25, 0.3) is 0 Å². The molecular weight excluding hydrogens is 183 g/mol. The fourth-order valence-corrected chi connectivity index (χ4v) is 1.11. The molecule has 0 fully saturated rings. The molecule has 13 heavy (non-hydrogen) atoms. The summed E-state index contributed by atoms with van der Waals surface area (Å²) in [6.07, 6.45) is 6.31. The second-order valence-corrected chi connectivity index (χ2v) is 2.21. The number of benzene rings is 1. The van der Waals surface area contributed by atoms with Crippen molar-refractivity contribution < 1.29 is 51.4 Å². The molecule has 0 aliphatic heterocycles. The Balaban J connectivity index is 0. The van der Waals surface area contributed by atoms with Gasteiger partial charge in [0.05, 0.1) is 0 Å². The van der Waals surface area contributed by atoms with Crippen LogP contribution in [0.1, 0.15) is 32.4 Å². The minimum absolute atomic E-state index is 0. The monoisotopic (exact) mass is 200 g/mol. The molecule has 1 aromatic carbocycles. The van der Waals surface area contributed by atoms with E-state index in [1.54, 1.807) is 0 Å². The van der Waals surface area contributed by atoms with Gasteiger partial charge in [0.15, 0.2) is 0 Å². The summed E-state index contributed by atoms with van der Waals surface area (Å²) in [7, 11) is 0. The summed E-state index contributed by atoms with van der Waals surface area (Å²) in [5.41, 5.74) is 2.66. The van der Waals surface area contributed by atoms with E-state index in [1.807, 2.05) is 19.9 Å². The van der Waals surface area contributed by atoms with Crippen LogP contribution in [-0.2, 0) is 6.42 Å². The van der Waals surface area contributed by atoms with Crippen LogP contribution in [0.2, 0.25) is 0 Å². The van der Waals surface area contributed by atoms with Crippen molar-refractivity contribution in [3.63, 3.8) is 0 Å². The van der Waals surface area contributed by atoms with Crippen molar-refractivity contribution in [2.24, 2.45) is 0 Å². The van der Waals surface area contributed by atoms with Crippen molar-refractivity contribution >= 4 is 0 Å². The van der Waals surface area contributed by atoms with Crippen LogP contribution in [-0.4, -0.2) is 0 Å². The van der Waals surface area contributed by atoms with Crippen molar-refractivity contribution in [1.29, 1.82) is 0 Å². The first kappa shape index (κ1) is 16.0. The summed E-state index contributed by atoms with van der Waals surface area (Å²) in [6.45, 7) is 4.00. The summed E-state index contributed by atoms with van der Waals surface area (Å²) in [5, 5.41) is 0. The molecule has 0 bridgehead atoms. The molecule has 2 rings (SSSR count). The van der Waals surface area contributed by atoms with Gasteiger partial charge in [0.2, 0.25) is 0 Å². The van der Waals surface area contributed by atoms with Crippen LogP contribution in [0.5, 0.6) is 0 Å². The quantitative estimate of drug-likeness (QED) is 0.425. The van der Waals surface area contributed by atoms with E-state index in [0.717, 1.165) is 6.42 Å². The van der Waals surface area contributed by atoms with E-state index in [2.05, 4.69) is 30.4 Å². The molecule has 0 unspecified atom stereocenters. The first-order chi connectivity index (χ1) is 5.47. The Labute approximate surface area is 125 Å². The van der Waals surface area contributed by atoms with Gasteiger partial charge in [-0.15, -0.1) is 17.7 Å². The summed E-state index contributed by atoms with van der Waals surface area (Å²) in [5.74, 6) is 0. The Morgan fingerprint density at radius 3 is 2.38 bits per heavy atom. The maximum atomic E-state index is 3.18. The van der Waals surface area contributed by atoms with Gasteiger partial charge in [-0.1, -0.05) is 33.8 Å². The molecule has 0 heterocycles. The van der Waals surface area contributed by atoms with Crippen LogP contribution in [0.15, 0.2) is 30.3 Å². The predicted octanol–water partition coefficient (Wildman–Crippen LogP) is 0.616. The second-order valence-electron chi connectivity index (χ2n) is 2.21. The molecule has 0 spiro atoms. The van der Waals surface area contributed by atoms with Crippen LogP contribution in [0, 0.1) is 6.08 Å². The third-order valence-corrected chi connectivity index (χ3v) is 1.60. The molecule has 0 amide bonds. The van der Waals surface area contributed by atoms with Gasteiger partial charge >= 0.3 is 51.4 Å². The van der Waals surface area contributed by atoms with Crippen molar-refractivity contribution in [2.75, 3.05) is 0 Å². The third-order valence-electron chi connectivity index (χ3n) is 1.60. The average Bonchev–Trinajstić information content (AvgIpc) is 2.55. The Morgan fingerprint density at radius 1 is 1.15 bits per heavy atom. The average molecular weight is 200 g/mol. The van der Waals surface area contributed by atoms with Gasteiger partial charge in [0.1, 0.15) is 0 Å². The number of allylic oxidation sites excluding steroid dienone is 1. The molecule has 1 aliphatic rings. The summed E-state index contributed by atoms with van der Waals surface area (Å²) in [6, 6.07) is 8.36. The van der Waals surface area contributed by atoms with E-state index >= 15 is 0 Å². The zero-order valence-electron chi connectivity index (χ0n) is 8.09. The van der Waals surface area contributed by atoms with E-state index in [4.69, 9.17) is 0 Å². The maximum absolute atomic E-state index is 3.18. The normalized spacial score (nSPS) is 10.0. The number of rotatable bonds is 0. The van der Waals surface area contributed by atoms with Gasteiger partial charge in [-0.25, -0.2) is 0 Å². The molecule has 0 N–H and O–H groups in total. The minimum atomic E-state index is 0. The largest absolute Gasteiger partial charge is 1.00 e. The van der Waals surface area contributed by atoms with E-state index < -0.39 is 0 Å². The van der Waals surface area contributed by atoms with E-state index in [0.29, 0.717) is 0 Å². The van der Waals surface area contributed by atoms with Gasteiger partial charge in [0.25, 0.3) is 0 Å². The number of hydrogen-bond donors (Lipinski definition) is 0. The second kappa shape index (κ2) is 9.16. The molecule has 0 saturated carbocycles. The van der Waals surface area contributed by atoms with Crippen molar-refractivity contribution in [3.05, 3.63) is 47.5 Å². The van der Waals surface area contributed by atoms with E-state index in [1.165, 1.54) is 11.1 Å². The smallest absolute Gasteiger partial charge is 0.190 e. The van der Waals surface area contributed by atoms with Crippen LogP contribution < -0.4 is 51.4 Å². The van der Waals surface area contributed by atoms with Crippen LogP contribution in [0.4, 0.5) is 0 Å². The number of fused-ring (bicyclic) bond motifs is 1. The molecule has 1 aliphatic carbocycles. The first-order valence-electron chi connectivity index (χ1n) is 4.13. The van der Waals surface area contributed by atoms with Crippen molar-refractivity contribution in [1.82, 2.24) is 0 Å². The molecule has 1 aromatic rings. The van der Waals surface area contributed by atoms with Gasteiger partial charge in [0, 0.05) is 0 Å². The summed E-state index contributed by atoms with van der Waals surface area (Å²) < 4.78 is 0. The van der Waals surface area contributed by atoms with Gasteiger partial charge in [-0.05, 0) is 0 Å². The maximum Gasteiger partial charge on any atom is 1.00 e. The van der Waals surface area contributed by atoms with Gasteiger partial charge < -0.3 is 0 Å². The Hall–Kier alpha value is 0.596. The molecule has 0 atom stereocenters. The van der Waals surface area contributed by atoms with Crippen LogP contribution in [0.3, 0.4) is 0 Å². The number of hydrogen-bond acceptors (Lipinski definition) is 0. The summed E-state index contributed by atoms with van der Waals surface area (Å²) >= 11 is 0. The summed E-state index contributed by atoms with van der Waals surface area (Å²) in [4.78, 5) is 0. The molecule has 66 valence electrons. The predicted molar refractivity (Wildman–Crippen MR) is 55.1 cm³/mol. The Bertz CT molecular complexity index is 251. The minimum Gasteiger partial charge on any atom is -0.190 e. The first-order valence-corrected chi connectivity index (χ1v) is 4.13. The van der Waals surface area contributed by atoms with Crippen LogP contribution >= 0.6 is 0 Å². The standard InChI is InChI=1S/C9H7.C2H6.CH4.K/c1-2-5-9-7-3-6-8(9)4-1;1-2;;/h1-5H,6H2;1-2H3;1H4;/q-1;;;+1. The Morgan fingerprint density at radius 2 is 1.77 bits per heavy atom. The zero-order chi connectivity index (χ0) is 8.10. The topological polar surface area (TPSA) is 0 Å². The van der Waals surface area contributed by atoms with E-state index in [9.17, 15) is 0 Å². The van der Waals surface area contributed by atoms with E-state index in [-0.39, 0.29) is 58.8 Å². The van der Waals surface area contributed by atoms with Gasteiger partial charge in [-0.2, -0.15) is 23.8 Å². The molecule has 0 radical (unpaired) electrons. The molecule has 1 heteroatoms. The van der Waals surface area contributed by atoms with Crippen molar-refractivity contribution in [3.8, 4) is 0 Å². The Kier molecular flexibility index (Phi) is 11.3.